The van der Waals surface area contributed by atoms with Crippen LogP contribution in [0.3, 0.4) is 0 Å². The van der Waals surface area contributed by atoms with Gasteiger partial charge in [0.25, 0.3) is 0 Å². The molecule has 0 spiro atoms. The number of rotatable bonds is 4. The molecule has 0 aliphatic carbocycles. The molecule has 1 aliphatic rings. The smallest absolute Gasteiger partial charge is 0.236 e. The molecule has 4 rings (SSSR count). The van der Waals surface area contributed by atoms with Gasteiger partial charge in [-0.25, -0.2) is 8.42 Å². The Morgan fingerprint density at radius 3 is 2.46 bits per heavy atom. The van der Waals surface area contributed by atoms with E-state index in [1.807, 2.05) is 11.8 Å². The van der Waals surface area contributed by atoms with E-state index >= 15 is 0 Å². The second-order valence-corrected chi connectivity index (χ2v) is 8.86. The van der Waals surface area contributed by atoms with Crippen LogP contribution in [0.4, 0.5) is 5.88 Å². The number of ether oxygens (including phenoxy) is 1. The van der Waals surface area contributed by atoms with Crippen molar-refractivity contribution in [3.8, 4) is 11.5 Å². The van der Waals surface area contributed by atoms with Gasteiger partial charge in [0.1, 0.15) is 0 Å². The van der Waals surface area contributed by atoms with Gasteiger partial charge in [-0.05, 0) is 37.3 Å². The second-order valence-electron chi connectivity index (χ2n) is 6.56. The molecule has 28 heavy (non-hydrogen) atoms. The van der Waals surface area contributed by atoms with E-state index in [0.29, 0.717) is 36.9 Å². The fourth-order valence-corrected chi connectivity index (χ4v) is 4.53. The highest BCUT2D eigenvalue weighted by Gasteiger charge is 2.32. The van der Waals surface area contributed by atoms with E-state index in [-0.39, 0.29) is 21.7 Å². The molecule has 1 fully saturated rings. The molecular formula is C20H19ClN2O4S. The largest absolute Gasteiger partial charge is 0.419 e. The summed E-state index contributed by atoms with van der Waals surface area (Å²) < 4.78 is 38.0. The zero-order valence-electron chi connectivity index (χ0n) is 15.3. The molecule has 2 aromatic carbocycles. The molecule has 8 heteroatoms. The number of nitrogens with zero attached hydrogens (tertiary/aromatic N) is 2. The third kappa shape index (κ3) is 3.65. The molecule has 1 aliphatic heterocycles. The molecule has 0 unspecified atom stereocenters. The number of halogens is 1. The molecule has 0 bridgehead atoms. The number of oxazole rings is 1. The number of sulfone groups is 1. The maximum absolute atomic E-state index is 13.3. The van der Waals surface area contributed by atoms with Crippen LogP contribution in [0, 0.1) is 6.92 Å². The molecule has 0 N–H and O–H groups in total. The molecule has 0 amide bonds. The van der Waals surface area contributed by atoms with Crippen molar-refractivity contribution in [1.82, 2.24) is 4.98 Å². The number of aromatic nitrogens is 1. The summed E-state index contributed by atoms with van der Waals surface area (Å²) in [5.41, 5.74) is 1.60. The first-order chi connectivity index (χ1) is 13.4. The van der Waals surface area contributed by atoms with Crippen LogP contribution in [0.25, 0.3) is 11.5 Å². The van der Waals surface area contributed by atoms with Crippen LogP contribution in [0.5, 0.6) is 0 Å². The first-order valence-corrected chi connectivity index (χ1v) is 10.7. The van der Waals surface area contributed by atoms with Crippen molar-refractivity contribution in [2.24, 2.45) is 0 Å². The predicted octanol–water partition coefficient (Wildman–Crippen LogP) is 3.97. The average Bonchev–Trinajstić information content (AvgIpc) is 3.15. The van der Waals surface area contributed by atoms with Gasteiger partial charge in [0.05, 0.1) is 18.1 Å². The summed E-state index contributed by atoms with van der Waals surface area (Å²) in [4.78, 5) is 6.40. The number of benzene rings is 2. The number of morpholine rings is 1. The van der Waals surface area contributed by atoms with E-state index in [1.165, 1.54) is 0 Å². The van der Waals surface area contributed by atoms with Gasteiger partial charge in [-0.2, -0.15) is 4.98 Å². The minimum atomic E-state index is -3.85. The molecule has 2 heterocycles. The number of anilines is 1. The molecule has 0 atom stereocenters. The highest BCUT2D eigenvalue weighted by molar-refractivity contribution is 7.91. The lowest BCUT2D eigenvalue weighted by Crippen LogP contribution is -2.36. The van der Waals surface area contributed by atoms with E-state index in [4.69, 9.17) is 20.8 Å². The Morgan fingerprint density at radius 2 is 1.79 bits per heavy atom. The van der Waals surface area contributed by atoms with Gasteiger partial charge in [0.15, 0.2) is 0 Å². The lowest BCUT2D eigenvalue weighted by Gasteiger charge is -2.26. The standard InChI is InChI=1S/C20H19ClN2O4S/c1-14-5-7-17(8-6-14)28(24,25)19-20(23-9-11-26-12-10-23)27-18(22-19)15-3-2-4-16(21)13-15/h2-8,13H,9-12H2,1H3. The van der Waals surface area contributed by atoms with Crippen molar-refractivity contribution in [2.45, 2.75) is 16.8 Å². The summed E-state index contributed by atoms with van der Waals surface area (Å²) in [7, 11) is -3.85. The summed E-state index contributed by atoms with van der Waals surface area (Å²) in [5, 5.41) is 0.430. The van der Waals surface area contributed by atoms with Crippen LogP contribution in [-0.4, -0.2) is 39.7 Å². The van der Waals surface area contributed by atoms with Crippen molar-refractivity contribution in [3.63, 3.8) is 0 Å². The second kappa shape index (κ2) is 7.58. The highest BCUT2D eigenvalue weighted by atomic mass is 35.5. The zero-order chi connectivity index (χ0) is 19.7. The van der Waals surface area contributed by atoms with Crippen LogP contribution in [0.2, 0.25) is 5.02 Å². The van der Waals surface area contributed by atoms with Gasteiger partial charge < -0.3 is 14.1 Å². The normalized spacial score (nSPS) is 15.0. The van der Waals surface area contributed by atoms with Crippen molar-refractivity contribution in [1.29, 1.82) is 0 Å². The summed E-state index contributed by atoms with van der Waals surface area (Å²) >= 11 is 6.08. The SMILES string of the molecule is Cc1ccc(S(=O)(=O)c2nc(-c3cccc(Cl)c3)oc2N2CCOCC2)cc1. The average molecular weight is 419 g/mol. The van der Waals surface area contributed by atoms with Crippen LogP contribution < -0.4 is 4.90 Å². The molecule has 1 saturated heterocycles. The Hall–Kier alpha value is -2.35. The van der Waals surface area contributed by atoms with Gasteiger partial charge in [0.2, 0.25) is 26.6 Å². The number of hydrogen-bond donors (Lipinski definition) is 0. The Balaban J connectivity index is 1.85. The molecule has 3 aromatic rings. The van der Waals surface area contributed by atoms with E-state index in [0.717, 1.165) is 5.56 Å². The van der Waals surface area contributed by atoms with E-state index in [9.17, 15) is 8.42 Å². The lowest BCUT2D eigenvalue weighted by molar-refractivity contribution is 0.120. The fourth-order valence-electron chi connectivity index (χ4n) is 3.01. The minimum absolute atomic E-state index is 0.0896. The third-order valence-corrected chi connectivity index (χ3v) is 6.44. The van der Waals surface area contributed by atoms with Gasteiger partial charge in [0, 0.05) is 23.7 Å². The molecule has 6 nitrogen and oxygen atoms in total. The van der Waals surface area contributed by atoms with Gasteiger partial charge in [-0.15, -0.1) is 0 Å². The Bertz CT molecular complexity index is 1090. The number of hydrogen-bond acceptors (Lipinski definition) is 6. The summed E-state index contributed by atoms with van der Waals surface area (Å²) in [6.45, 7) is 3.96. The quantitative estimate of drug-likeness (QED) is 0.638. The highest BCUT2D eigenvalue weighted by Crippen LogP contribution is 2.35. The Morgan fingerprint density at radius 1 is 1.07 bits per heavy atom. The predicted molar refractivity (Wildman–Crippen MR) is 107 cm³/mol. The maximum Gasteiger partial charge on any atom is 0.236 e. The van der Waals surface area contributed by atoms with Crippen molar-refractivity contribution >= 4 is 27.3 Å². The monoisotopic (exact) mass is 418 g/mol. The summed E-state index contributed by atoms with van der Waals surface area (Å²) in [6, 6.07) is 13.7. The lowest BCUT2D eigenvalue weighted by atomic mass is 10.2. The molecule has 1 aromatic heterocycles. The molecule has 0 saturated carbocycles. The van der Waals surface area contributed by atoms with Crippen LogP contribution >= 0.6 is 11.6 Å². The zero-order valence-corrected chi connectivity index (χ0v) is 16.8. The Kier molecular flexibility index (Phi) is 5.14. The summed E-state index contributed by atoms with van der Waals surface area (Å²) in [6.07, 6.45) is 0. The fraction of sp³-hybridized carbons (Fsp3) is 0.250. The maximum atomic E-state index is 13.3. The third-order valence-electron chi connectivity index (χ3n) is 4.54. The first kappa shape index (κ1) is 19.0. The summed E-state index contributed by atoms with van der Waals surface area (Å²) in [5.74, 6) is 0.452. The van der Waals surface area contributed by atoms with E-state index < -0.39 is 9.84 Å². The minimum Gasteiger partial charge on any atom is -0.419 e. The van der Waals surface area contributed by atoms with Gasteiger partial charge in [-0.3, -0.25) is 0 Å². The van der Waals surface area contributed by atoms with Crippen LogP contribution in [0.15, 0.2) is 62.9 Å². The molecule has 146 valence electrons. The number of aryl methyl sites for hydroxylation is 1. The van der Waals surface area contributed by atoms with Crippen molar-refractivity contribution < 1.29 is 17.6 Å². The van der Waals surface area contributed by atoms with E-state index in [1.54, 1.807) is 48.5 Å². The topological polar surface area (TPSA) is 72.6 Å². The first-order valence-electron chi connectivity index (χ1n) is 8.86. The van der Waals surface area contributed by atoms with Crippen LogP contribution in [0.1, 0.15) is 5.56 Å². The molecular weight excluding hydrogens is 400 g/mol. The van der Waals surface area contributed by atoms with Crippen molar-refractivity contribution in [2.75, 3.05) is 31.2 Å². The van der Waals surface area contributed by atoms with Crippen LogP contribution in [-0.2, 0) is 14.6 Å². The Labute approximate surface area is 168 Å². The van der Waals surface area contributed by atoms with Gasteiger partial charge in [-0.1, -0.05) is 35.4 Å². The van der Waals surface area contributed by atoms with E-state index in [2.05, 4.69) is 4.98 Å². The van der Waals surface area contributed by atoms with Crippen molar-refractivity contribution in [3.05, 3.63) is 59.1 Å². The van der Waals surface area contributed by atoms with Gasteiger partial charge >= 0.3 is 0 Å². The molecule has 0 radical (unpaired) electrons.